The average Bonchev–Trinajstić information content (AvgIpc) is 3.84. The molecule has 77 heavy (non-hydrogen) atoms. The van der Waals surface area contributed by atoms with E-state index in [2.05, 4.69) is 318 Å². The van der Waals surface area contributed by atoms with Gasteiger partial charge in [-0.05, 0) is 156 Å². The first-order chi connectivity index (χ1) is 37.2. The Morgan fingerprint density at radius 1 is 0.312 bits per heavy atom. The van der Waals surface area contributed by atoms with Gasteiger partial charge in [-0.1, -0.05) is 239 Å². The maximum Gasteiger partial charge on any atom is 0.0775 e. The SMILES string of the molecule is CC1(C)c2cc(/C=C/c3ccc4c(ccc5cc(N(c6ccccc6)c6cccc(-c7ccc([Si](C)(C)C)cc7)c6)ccc54)c3)ccc2-c2ccc(N(c3ccccc3)c3cccc(-c4ccc([Si](C)(C)C)cc4)c3)cc21. The van der Waals surface area contributed by atoms with E-state index in [0.717, 1.165) is 34.1 Å². The lowest BCUT2D eigenvalue weighted by Crippen LogP contribution is -2.37. The van der Waals surface area contributed by atoms with Crippen molar-refractivity contribution in [1.29, 1.82) is 0 Å². The Kier molecular flexibility index (Phi) is 12.7. The number of anilines is 6. The van der Waals surface area contributed by atoms with Crippen LogP contribution in [0.4, 0.5) is 34.1 Å². The largest absolute Gasteiger partial charge is 0.310 e. The molecule has 11 aromatic rings. The molecule has 0 aromatic heterocycles. The van der Waals surface area contributed by atoms with Gasteiger partial charge in [-0.2, -0.15) is 0 Å². The van der Waals surface area contributed by atoms with Crippen molar-refractivity contribution in [2.45, 2.75) is 58.5 Å². The summed E-state index contributed by atoms with van der Waals surface area (Å²) in [4.78, 5) is 4.79. The zero-order valence-corrected chi connectivity index (χ0v) is 47.6. The van der Waals surface area contributed by atoms with Crippen molar-refractivity contribution in [3.63, 3.8) is 0 Å². The molecule has 4 heteroatoms. The van der Waals surface area contributed by atoms with Gasteiger partial charge >= 0.3 is 0 Å². The zero-order valence-electron chi connectivity index (χ0n) is 45.6. The molecule has 0 spiro atoms. The van der Waals surface area contributed by atoms with E-state index in [0.29, 0.717) is 0 Å². The maximum atomic E-state index is 2.43. The molecule has 0 saturated heterocycles. The molecule has 0 atom stereocenters. The lowest BCUT2D eigenvalue weighted by atomic mass is 9.81. The molecule has 0 bridgehead atoms. The van der Waals surface area contributed by atoms with Crippen molar-refractivity contribution in [2.24, 2.45) is 0 Å². The first-order valence-corrected chi connectivity index (χ1v) is 34.2. The highest BCUT2D eigenvalue weighted by molar-refractivity contribution is 6.89. The number of hydrogen-bond acceptors (Lipinski definition) is 2. The van der Waals surface area contributed by atoms with E-state index in [-0.39, 0.29) is 5.41 Å². The van der Waals surface area contributed by atoms with Gasteiger partial charge in [-0.25, -0.2) is 0 Å². The summed E-state index contributed by atoms with van der Waals surface area (Å²) in [6, 6.07) is 90.4. The van der Waals surface area contributed by atoms with E-state index in [1.54, 1.807) is 0 Å². The Hall–Kier alpha value is -8.29. The molecule has 376 valence electrons. The van der Waals surface area contributed by atoms with Crippen LogP contribution in [-0.4, -0.2) is 16.1 Å². The summed E-state index contributed by atoms with van der Waals surface area (Å²) in [6.45, 7) is 19.2. The quantitative estimate of drug-likeness (QED) is 0.0684. The Labute approximate surface area is 458 Å². The molecule has 0 heterocycles. The van der Waals surface area contributed by atoms with Crippen molar-refractivity contribution in [3.05, 3.63) is 265 Å². The van der Waals surface area contributed by atoms with Crippen LogP contribution < -0.4 is 20.2 Å². The second kappa shape index (κ2) is 19.7. The van der Waals surface area contributed by atoms with Crippen LogP contribution in [0.2, 0.25) is 39.3 Å². The molecule has 0 fully saturated rings. The van der Waals surface area contributed by atoms with E-state index in [1.807, 2.05) is 0 Å². The van der Waals surface area contributed by atoms with Crippen LogP contribution >= 0.6 is 0 Å². The molecule has 0 unspecified atom stereocenters. The van der Waals surface area contributed by atoms with Gasteiger partial charge in [0.25, 0.3) is 0 Å². The van der Waals surface area contributed by atoms with Crippen LogP contribution in [-0.2, 0) is 5.41 Å². The molecule has 11 aromatic carbocycles. The van der Waals surface area contributed by atoms with Gasteiger partial charge in [0.05, 0.1) is 16.1 Å². The third-order valence-corrected chi connectivity index (χ3v) is 20.0. The molecular formula is C73H66N2Si2. The molecule has 1 aliphatic rings. The van der Waals surface area contributed by atoms with Gasteiger partial charge in [-0.3, -0.25) is 0 Å². The molecule has 2 nitrogen and oxygen atoms in total. The van der Waals surface area contributed by atoms with Gasteiger partial charge < -0.3 is 9.80 Å². The van der Waals surface area contributed by atoms with Crippen molar-refractivity contribution >= 4 is 94.3 Å². The van der Waals surface area contributed by atoms with Crippen LogP contribution in [0, 0.1) is 0 Å². The predicted octanol–water partition coefficient (Wildman–Crippen LogP) is 19.8. The van der Waals surface area contributed by atoms with E-state index in [1.165, 1.54) is 87.6 Å². The van der Waals surface area contributed by atoms with E-state index in [4.69, 9.17) is 0 Å². The summed E-state index contributed by atoms with van der Waals surface area (Å²) in [6.07, 6.45) is 4.54. The predicted molar refractivity (Wildman–Crippen MR) is 341 cm³/mol. The summed E-state index contributed by atoms with van der Waals surface area (Å²) < 4.78 is 0. The lowest BCUT2D eigenvalue weighted by Gasteiger charge is -2.28. The highest BCUT2D eigenvalue weighted by Crippen LogP contribution is 2.51. The van der Waals surface area contributed by atoms with Crippen molar-refractivity contribution in [2.75, 3.05) is 9.80 Å². The number of rotatable bonds is 12. The fourth-order valence-corrected chi connectivity index (χ4v) is 13.9. The fourth-order valence-electron chi connectivity index (χ4n) is 11.5. The third-order valence-electron chi connectivity index (χ3n) is 15.9. The monoisotopic (exact) mass is 1030 g/mol. The number of benzene rings is 11. The Morgan fingerprint density at radius 3 is 1.23 bits per heavy atom. The number of fused-ring (bicyclic) bond motifs is 6. The Morgan fingerprint density at radius 2 is 0.714 bits per heavy atom. The summed E-state index contributed by atoms with van der Waals surface area (Å²) in [7, 11) is -2.78. The van der Waals surface area contributed by atoms with Gasteiger partial charge in [0.15, 0.2) is 0 Å². The molecule has 12 rings (SSSR count). The second-order valence-corrected chi connectivity index (χ2v) is 33.7. The minimum Gasteiger partial charge on any atom is -0.310 e. The highest BCUT2D eigenvalue weighted by atomic mass is 28.3. The lowest BCUT2D eigenvalue weighted by molar-refractivity contribution is 0.660. The van der Waals surface area contributed by atoms with Crippen LogP contribution in [0.25, 0.3) is 67.1 Å². The van der Waals surface area contributed by atoms with Crippen molar-refractivity contribution in [1.82, 2.24) is 0 Å². The van der Waals surface area contributed by atoms with Gasteiger partial charge in [0.2, 0.25) is 0 Å². The molecule has 1 aliphatic carbocycles. The first-order valence-electron chi connectivity index (χ1n) is 27.2. The maximum absolute atomic E-state index is 2.43. The minimum atomic E-state index is -1.40. The zero-order chi connectivity index (χ0) is 53.1. The van der Waals surface area contributed by atoms with Gasteiger partial charge in [-0.15, -0.1) is 0 Å². The van der Waals surface area contributed by atoms with Crippen LogP contribution in [0.3, 0.4) is 0 Å². The number of hydrogen-bond donors (Lipinski definition) is 0. The average molecular weight is 1030 g/mol. The van der Waals surface area contributed by atoms with Crippen LogP contribution in [0.1, 0.15) is 36.1 Å². The third kappa shape index (κ3) is 9.69. The Bertz CT molecular complexity index is 4010. The summed E-state index contributed by atoms with van der Waals surface area (Å²) in [5.41, 5.74) is 19.2. The van der Waals surface area contributed by atoms with Crippen LogP contribution in [0.15, 0.2) is 243 Å². The molecule has 0 aliphatic heterocycles. The second-order valence-electron chi connectivity index (χ2n) is 23.5. The van der Waals surface area contributed by atoms with E-state index in [9.17, 15) is 0 Å². The molecule has 0 radical (unpaired) electrons. The molecule has 0 N–H and O–H groups in total. The van der Waals surface area contributed by atoms with Gasteiger partial charge in [0, 0.05) is 39.5 Å². The van der Waals surface area contributed by atoms with E-state index >= 15 is 0 Å². The highest BCUT2D eigenvalue weighted by Gasteiger charge is 2.36. The van der Waals surface area contributed by atoms with Crippen molar-refractivity contribution < 1.29 is 0 Å². The minimum absolute atomic E-state index is 0.196. The molecule has 0 amide bonds. The van der Waals surface area contributed by atoms with Gasteiger partial charge in [0.1, 0.15) is 0 Å². The standard InChI is InChI=1S/C73H66N2Si2/c1-73(2)71-46-52(28-42-69(71)70-44-36-64(50-72(70)73)75(60-21-13-10-14-22-60)62-24-16-18-56(48-62)54-33-39-66(40-34-54)77(6,7)8)26-25-51-27-41-67-57(45-51)29-30-58-49-63(35-43-68(58)67)74(59-19-11-9-12-20-59)61-23-15-17-55(47-61)53-31-37-65(38-32-53)76(3,4)5/h9-50H,1-8H3/b26-25+. The molecule has 0 saturated carbocycles. The number of nitrogens with zero attached hydrogens (tertiary/aromatic N) is 2. The van der Waals surface area contributed by atoms with Crippen molar-refractivity contribution in [3.8, 4) is 33.4 Å². The Balaban J connectivity index is 0.809. The van der Waals surface area contributed by atoms with E-state index < -0.39 is 16.1 Å². The number of para-hydroxylation sites is 2. The normalized spacial score (nSPS) is 13.0. The summed E-state index contributed by atoms with van der Waals surface area (Å²) in [5, 5.41) is 7.90. The summed E-state index contributed by atoms with van der Waals surface area (Å²) in [5.74, 6) is 0. The summed E-state index contributed by atoms with van der Waals surface area (Å²) >= 11 is 0. The van der Waals surface area contributed by atoms with Crippen LogP contribution in [0.5, 0.6) is 0 Å². The topological polar surface area (TPSA) is 6.48 Å². The molecular weight excluding hydrogens is 961 g/mol. The fraction of sp³-hybridized carbons (Fsp3) is 0.123. The first kappa shape index (κ1) is 49.6. The smallest absolute Gasteiger partial charge is 0.0775 e.